The Hall–Kier alpha value is -0.830. The molecule has 1 aromatic carbocycles. The van der Waals surface area contributed by atoms with Gasteiger partial charge < -0.3 is 9.53 Å². The quantitative estimate of drug-likeness (QED) is 0.760. The summed E-state index contributed by atoms with van der Waals surface area (Å²) in [5.41, 5.74) is 0. The van der Waals surface area contributed by atoms with E-state index in [-0.39, 0.29) is 6.10 Å². The molecule has 0 aromatic heterocycles. The lowest BCUT2D eigenvalue weighted by molar-refractivity contribution is -0.109. The SMILES string of the molecule is CC(CC=O)Oc1ccccc1Br. The molecule has 0 aliphatic heterocycles. The summed E-state index contributed by atoms with van der Waals surface area (Å²) >= 11 is 3.36. The van der Waals surface area contributed by atoms with Gasteiger partial charge in [-0.1, -0.05) is 12.1 Å². The minimum Gasteiger partial charge on any atom is -0.489 e. The minimum atomic E-state index is -0.0730. The summed E-state index contributed by atoms with van der Waals surface area (Å²) in [5, 5.41) is 0. The topological polar surface area (TPSA) is 26.3 Å². The number of rotatable bonds is 4. The van der Waals surface area contributed by atoms with Gasteiger partial charge in [-0.2, -0.15) is 0 Å². The Balaban J connectivity index is 2.63. The van der Waals surface area contributed by atoms with Crippen LogP contribution in [0.2, 0.25) is 0 Å². The number of carbonyl (C=O) groups is 1. The van der Waals surface area contributed by atoms with E-state index >= 15 is 0 Å². The molecule has 0 N–H and O–H groups in total. The number of benzene rings is 1. The summed E-state index contributed by atoms with van der Waals surface area (Å²) in [5.74, 6) is 0.775. The molecule has 0 heterocycles. The summed E-state index contributed by atoms with van der Waals surface area (Å²) in [7, 11) is 0. The van der Waals surface area contributed by atoms with E-state index in [0.717, 1.165) is 16.5 Å². The van der Waals surface area contributed by atoms with Crippen LogP contribution >= 0.6 is 15.9 Å². The average Bonchev–Trinajstić information content (AvgIpc) is 2.09. The normalized spacial score (nSPS) is 12.2. The number of hydrogen-bond acceptors (Lipinski definition) is 2. The van der Waals surface area contributed by atoms with E-state index < -0.39 is 0 Å². The fourth-order valence-electron chi connectivity index (χ4n) is 0.941. The molecule has 0 aliphatic rings. The summed E-state index contributed by atoms with van der Waals surface area (Å²) in [6.45, 7) is 1.87. The maximum Gasteiger partial charge on any atom is 0.133 e. The lowest BCUT2D eigenvalue weighted by Gasteiger charge is -2.12. The highest BCUT2D eigenvalue weighted by molar-refractivity contribution is 9.10. The van der Waals surface area contributed by atoms with Crippen LogP contribution in [0.15, 0.2) is 28.7 Å². The first-order chi connectivity index (χ1) is 6.24. The first-order valence-electron chi connectivity index (χ1n) is 4.09. The van der Waals surface area contributed by atoms with Crippen LogP contribution < -0.4 is 4.74 Å². The molecule has 0 radical (unpaired) electrons. The third-order valence-corrected chi connectivity index (χ3v) is 2.25. The van der Waals surface area contributed by atoms with E-state index in [4.69, 9.17) is 4.74 Å². The van der Waals surface area contributed by atoms with Crippen molar-refractivity contribution in [3.05, 3.63) is 28.7 Å². The monoisotopic (exact) mass is 242 g/mol. The van der Waals surface area contributed by atoms with Crippen LogP contribution in [0.4, 0.5) is 0 Å². The fourth-order valence-corrected chi connectivity index (χ4v) is 1.32. The Labute approximate surface area is 86.0 Å². The van der Waals surface area contributed by atoms with Gasteiger partial charge in [0.05, 0.1) is 4.47 Å². The maximum atomic E-state index is 10.2. The molecule has 13 heavy (non-hydrogen) atoms. The molecule has 1 atom stereocenters. The lowest BCUT2D eigenvalue weighted by atomic mass is 10.3. The molecule has 1 unspecified atom stereocenters. The van der Waals surface area contributed by atoms with Crippen molar-refractivity contribution in [1.29, 1.82) is 0 Å². The van der Waals surface area contributed by atoms with E-state index in [1.54, 1.807) is 0 Å². The van der Waals surface area contributed by atoms with Crippen molar-refractivity contribution in [3.8, 4) is 5.75 Å². The van der Waals surface area contributed by atoms with Gasteiger partial charge in [0.1, 0.15) is 18.1 Å². The minimum absolute atomic E-state index is 0.0730. The van der Waals surface area contributed by atoms with E-state index in [1.165, 1.54) is 0 Å². The van der Waals surface area contributed by atoms with E-state index in [1.807, 2.05) is 31.2 Å². The highest BCUT2D eigenvalue weighted by Gasteiger charge is 2.04. The molecule has 1 aromatic rings. The van der Waals surface area contributed by atoms with E-state index in [9.17, 15) is 4.79 Å². The molecule has 3 heteroatoms. The van der Waals surface area contributed by atoms with Gasteiger partial charge >= 0.3 is 0 Å². The Kier molecular flexibility index (Phi) is 3.96. The van der Waals surface area contributed by atoms with Gasteiger partial charge in [-0.3, -0.25) is 0 Å². The molecule has 1 rings (SSSR count). The van der Waals surface area contributed by atoms with Crippen LogP contribution in [0, 0.1) is 0 Å². The number of para-hydroxylation sites is 1. The molecule has 0 amide bonds. The Bertz CT molecular complexity index is 286. The number of halogens is 1. The molecule has 2 nitrogen and oxygen atoms in total. The third kappa shape index (κ3) is 3.19. The van der Waals surface area contributed by atoms with Gasteiger partial charge in [0.15, 0.2) is 0 Å². The molecular weight excluding hydrogens is 232 g/mol. The zero-order valence-corrected chi connectivity index (χ0v) is 8.95. The van der Waals surface area contributed by atoms with Gasteiger partial charge in [-0.25, -0.2) is 0 Å². The predicted molar refractivity (Wildman–Crippen MR) is 54.9 cm³/mol. The molecular formula is C10H11BrO2. The van der Waals surface area contributed by atoms with Crippen molar-refractivity contribution in [2.75, 3.05) is 0 Å². The van der Waals surface area contributed by atoms with Crippen molar-refractivity contribution in [2.45, 2.75) is 19.4 Å². The van der Waals surface area contributed by atoms with Crippen LogP contribution in [0.5, 0.6) is 5.75 Å². The van der Waals surface area contributed by atoms with Gasteiger partial charge in [0, 0.05) is 6.42 Å². The summed E-state index contributed by atoms with van der Waals surface area (Å²) in [6.07, 6.45) is 1.21. The molecule has 0 spiro atoms. The zero-order chi connectivity index (χ0) is 9.68. The van der Waals surface area contributed by atoms with Crippen LogP contribution in [0.1, 0.15) is 13.3 Å². The van der Waals surface area contributed by atoms with Gasteiger partial charge in [0.25, 0.3) is 0 Å². The maximum absolute atomic E-state index is 10.2. The molecule has 0 fully saturated rings. The molecule has 0 bridgehead atoms. The Morgan fingerprint density at radius 3 is 2.85 bits per heavy atom. The highest BCUT2D eigenvalue weighted by Crippen LogP contribution is 2.24. The second kappa shape index (κ2) is 5.02. The average molecular weight is 243 g/mol. The summed E-state index contributed by atoms with van der Waals surface area (Å²) in [4.78, 5) is 10.2. The number of carbonyl (C=O) groups excluding carboxylic acids is 1. The Morgan fingerprint density at radius 1 is 1.54 bits per heavy atom. The lowest BCUT2D eigenvalue weighted by Crippen LogP contribution is -2.12. The van der Waals surface area contributed by atoms with Crippen molar-refractivity contribution >= 4 is 22.2 Å². The number of hydrogen-bond donors (Lipinski definition) is 0. The predicted octanol–water partition coefficient (Wildman–Crippen LogP) is 2.81. The van der Waals surface area contributed by atoms with Crippen molar-refractivity contribution in [1.82, 2.24) is 0 Å². The largest absolute Gasteiger partial charge is 0.489 e. The molecule has 0 saturated carbocycles. The van der Waals surface area contributed by atoms with Crippen LogP contribution in [-0.2, 0) is 4.79 Å². The summed E-state index contributed by atoms with van der Waals surface area (Å²) < 4.78 is 6.42. The van der Waals surface area contributed by atoms with Crippen molar-refractivity contribution in [3.63, 3.8) is 0 Å². The Morgan fingerprint density at radius 2 is 2.23 bits per heavy atom. The molecule has 0 aliphatic carbocycles. The fraction of sp³-hybridized carbons (Fsp3) is 0.300. The zero-order valence-electron chi connectivity index (χ0n) is 7.37. The van der Waals surface area contributed by atoms with E-state index in [0.29, 0.717) is 6.42 Å². The van der Waals surface area contributed by atoms with Crippen molar-refractivity contribution in [2.24, 2.45) is 0 Å². The van der Waals surface area contributed by atoms with Gasteiger partial charge in [-0.15, -0.1) is 0 Å². The molecule has 70 valence electrons. The van der Waals surface area contributed by atoms with Gasteiger partial charge in [0.2, 0.25) is 0 Å². The second-order valence-electron chi connectivity index (χ2n) is 2.76. The van der Waals surface area contributed by atoms with Gasteiger partial charge in [-0.05, 0) is 35.0 Å². The third-order valence-electron chi connectivity index (χ3n) is 1.59. The second-order valence-corrected chi connectivity index (χ2v) is 3.62. The molecule has 0 saturated heterocycles. The standard InChI is InChI=1S/C10H11BrO2/c1-8(6-7-12)13-10-5-3-2-4-9(10)11/h2-5,7-8H,6H2,1H3. The smallest absolute Gasteiger partial charge is 0.133 e. The first-order valence-corrected chi connectivity index (χ1v) is 4.88. The van der Waals surface area contributed by atoms with Crippen molar-refractivity contribution < 1.29 is 9.53 Å². The first kappa shape index (κ1) is 10.3. The van der Waals surface area contributed by atoms with Crippen LogP contribution in [-0.4, -0.2) is 12.4 Å². The van der Waals surface area contributed by atoms with Crippen LogP contribution in [0.25, 0.3) is 0 Å². The van der Waals surface area contributed by atoms with E-state index in [2.05, 4.69) is 15.9 Å². The summed E-state index contributed by atoms with van der Waals surface area (Å²) in [6, 6.07) is 7.59. The number of aldehydes is 1. The highest BCUT2D eigenvalue weighted by atomic mass is 79.9. The van der Waals surface area contributed by atoms with Crippen LogP contribution in [0.3, 0.4) is 0 Å². The number of ether oxygens (including phenoxy) is 1.